The third kappa shape index (κ3) is 5.02. The van der Waals surface area contributed by atoms with Crippen LogP contribution in [0.1, 0.15) is 19.4 Å². The van der Waals surface area contributed by atoms with Crippen LogP contribution in [0, 0.1) is 11.3 Å². The molecule has 1 atom stereocenters. The maximum Gasteiger partial charge on any atom is 0.319 e. The molecule has 0 saturated heterocycles. The van der Waals surface area contributed by atoms with Crippen LogP contribution >= 0.6 is 0 Å². The monoisotopic (exact) mass is 293 g/mol. The Balaban J connectivity index is 2.56. The molecular formula is C14H19N3O2S. The number of carbonyl (C=O) groups excluding carboxylic acids is 1. The largest absolute Gasteiger partial charge is 0.337 e. The second-order valence-electron chi connectivity index (χ2n) is 4.97. The summed E-state index contributed by atoms with van der Waals surface area (Å²) in [7, 11) is -0.916. The molecule has 0 saturated carbocycles. The first kappa shape index (κ1) is 16.2. The van der Waals surface area contributed by atoms with E-state index in [1.165, 1.54) is 0 Å². The number of hydrogen-bond donors (Lipinski definition) is 2. The van der Waals surface area contributed by atoms with E-state index in [4.69, 9.17) is 5.26 Å². The van der Waals surface area contributed by atoms with E-state index in [1.807, 2.05) is 26.0 Å². The zero-order valence-corrected chi connectivity index (χ0v) is 12.7. The van der Waals surface area contributed by atoms with Crippen molar-refractivity contribution in [3.05, 3.63) is 29.8 Å². The molecule has 0 fully saturated rings. The predicted octanol–water partition coefficient (Wildman–Crippen LogP) is 1.99. The summed E-state index contributed by atoms with van der Waals surface area (Å²) in [4.78, 5) is 11.6. The summed E-state index contributed by atoms with van der Waals surface area (Å²) in [5.74, 6) is 0.433. The van der Waals surface area contributed by atoms with Crippen molar-refractivity contribution in [2.24, 2.45) is 0 Å². The number of nitrogens with zero attached hydrogens (tertiary/aromatic N) is 1. The number of hydrogen-bond acceptors (Lipinski definition) is 3. The minimum Gasteiger partial charge on any atom is -0.337 e. The van der Waals surface area contributed by atoms with Crippen molar-refractivity contribution in [2.75, 3.05) is 23.9 Å². The Morgan fingerprint density at radius 2 is 1.95 bits per heavy atom. The molecule has 0 aliphatic heterocycles. The van der Waals surface area contributed by atoms with Gasteiger partial charge < -0.3 is 10.6 Å². The zero-order chi connectivity index (χ0) is 15.2. The normalized spacial score (nSPS) is 12.3. The van der Waals surface area contributed by atoms with Gasteiger partial charge in [-0.1, -0.05) is 12.1 Å². The van der Waals surface area contributed by atoms with Gasteiger partial charge in [0.25, 0.3) is 0 Å². The summed E-state index contributed by atoms with van der Waals surface area (Å²) >= 11 is 0. The average molecular weight is 293 g/mol. The number of carbonyl (C=O) groups is 1. The first-order valence-electron chi connectivity index (χ1n) is 6.22. The first-order valence-corrected chi connectivity index (χ1v) is 7.94. The summed E-state index contributed by atoms with van der Waals surface area (Å²) in [5, 5.41) is 14.4. The third-order valence-electron chi connectivity index (χ3n) is 2.82. The number of rotatable bonds is 5. The van der Waals surface area contributed by atoms with Gasteiger partial charge in [0.1, 0.15) is 0 Å². The van der Waals surface area contributed by atoms with Crippen LogP contribution in [0.5, 0.6) is 0 Å². The van der Waals surface area contributed by atoms with Crippen molar-refractivity contribution in [1.82, 2.24) is 5.32 Å². The van der Waals surface area contributed by atoms with E-state index >= 15 is 0 Å². The van der Waals surface area contributed by atoms with Crippen molar-refractivity contribution >= 4 is 22.5 Å². The molecule has 2 amide bonds. The molecule has 1 aromatic carbocycles. The molecule has 0 spiro atoms. The molecule has 20 heavy (non-hydrogen) atoms. The molecule has 0 radical (unpaired) electrons. The summed E-state index contributed by atoms with van der Waals surface area (Å²) in [5.41, 5.74) is 0.997. The Morgan fingerprint density at radius 3 is 2.45 bits per heavy atom. The van der Waals surface area contributed by atoms with Crippen LogP contribution in [0.2, 0.25) is 0 Å². The van der Waals surface area contributed by atoms with Crippen LogP contribution in [0.25, 0.3) is 0 Å². The Labute approximate surface area is 121 Å². The van der Waals surface area contributed by atoms with Crippen molar-refractivity contribution in [2.45, 2.75) is 19.3 Å². The summed E-state index contributed by atoms with van der Waals surface area (Å²) in [6.07, 6.45) is 1.59. The average Bonchev–Trinajstić information content (AvgIpc) is 2.39. The SMILES string of the molecule is C[S@](=O)CCNC(=O)Nc1ccc(C(C)(C)C#N)cc1. The van der Waals surface area contributed by atoms with E-state index in [9.17, 15) is 9.00 Å². The Hall–Kier alpha value is -1.87. The van der Waals surface area contributed by atoms with Gasteiger partial charge in [0, 0.05) is 35.0 Å². The van der Waals surface area contributed by atoms with Crippen molar-refractivity contribution < 1.29 is 9.00 Å². The summed E-state index contributed by atoms with van der Waals surface area (Å²) in [6.45, 7) is 4.05. The maximum atomic E-state index is 11.6. The van der Waals surface area contributed by atoms with E-state index in [1.54, 1.807) is 18.4 Å². The number of benzene rings is 1. The van der Waals surface area contributed by atoms with Gasteiger partial charge in [-0.25, -0.2) is 4.79 Å². The molecule has 0 aliphatic carbocycles. The number of nitriles is 1. The number of amides is 2. The van der Waals surface area contributed by atoms with Crippen LogP contribution in [0.3, 0.4) is 0 Å². The third-order valence-corrected chi connectivity index (χ3v) is 3.60. The fourth-order valence-corrected chi connectivity index (χ4v) is 1.91. The molecule has 0 heterocycles. The molecule has 5 nitrogen and oxygen atoms in total. The van der Waals surface area contributed by atoms with Crippen LogP contribution in [-0.4, -0.2) is 28.8 Å². The lowest BCUT2D eigenvalue weighted by atomic mass is 9.86. The first-order chi connectivity index (χ1) is 9.35. The van der Waals surface area contributed by atoms with Gasteiger partial charge in [-0.2, -0.15) is 5.26 Å². The lowest BCUT2D eigenvalue weighted by Gasteiger charge is -2.16. The predicted molar refractivity (Wildman–Crippen MR) is 81.0 cm³/mol. The van der Waals surface area contributed by atoms with Crippen LogP contribution in [-0.2, 0) is 16.2 Å². The smallest absolute Gasteiger partial charge is 0.319 e. The summed E-state index contributed by atoms with van der Waals surface area (Å²) in [6, 6.07) is 9.05. The lowest BCUT2D eigenvalue weighted by Crippen LogP contribution is -2.31. The second-order valence-corrected chi connectivity index (χ2v) is 6.53. The van der Waals surface area contributed by atoms with E-state index in [2.05, 4.69) is 16.7 Å². The molecule has 108 valence electrons. The highest BCUT2D eigenvalue weighted by molar-refractivity contribution is 7.84. The lowest BCUT2D eigenvalue weighted by molar-refractivity contribution is 0.252. The molecule has 1 rings (SSSR count). The Bertz CT molecular complexity index is 532. The van der Waals surface area contributed by atoms with E-state index in [-0.39, 0.29) is 6.03 Å². The van der Waals surface area contributed by atoms with Gasteiger partial charge in [-0.3, -0.25) is 4.21 Å². The summed E-state index contributed by atoms with van der Waals surface area (Å²) < 4.78 is 10.9. The second kappa shape index (κ2) is 7.06. The zero-order valence-electron chi connectivity index (χ0n) is 11.9. The van der Waals surface area contributed by atoms with Gasteiger partial charge in [-0.05, 0) is 31.5 Å². The van der Waals surface area contributed by atoms with Crippen molar-refractivity contribution in [3.8, 4) is 6.07 Å². The van der Waals surface area contributed by atoms with Gasteiger partial charge in [-0.15, -0.1) is 0 Å². The molecule has 0 aliphatic rings. The van der Waals surface area contributed by atoms with E-state index in [0.717, 1.165) is 5.56 Å². The van der Waals surface area contributed by atoms with E-state index < -0.39 is 16.2 Å². The minimum atomic E-state index is -0.916. The minimum absolute atomic E-state index is 0.331. The van der Waals surface area contributed by atoms with Gasteiger partial charge >= 0.3 is 6.03 Å². The Kier molecular flexibility index (Phi) is 5.71. The van der Waals surface area contributed by atoms with Gasteiger partial charge in [0.2, 0.25) is 0 Å². The number of urea groups is 1. The molecule has 2 N–H and O–H groups in total. The highest BCUT2D eigenvalue weighted by Crippen LogP contribution is 2.23. The van der Waals surface area contributed by atoms with Gasteiger partial charge in [0.05, 0.1) is 11.5 Å². The maximum absolute atomic E-state index is 11.6. The molecule has 0 bridgehead atoms. The van der Waals surface area contributed by atoms with Crippen LogP contribution < -0.4 is 10.6 Å². The number of anilines is 1. The van der Waals surface area contributed by atoms with E-state index in [0.29, 0.717) is 18.0 Å². The Morgan fingerprint density at radius 1 is 1.35 bits per heavy atom. The quantitative estimate of drug-likeness (QED) is 0.871. The molecular weight excluding hydrogens is 274 g/mol. The molecule has 6 heteroatoms. The van der Waals surface area contributed by atoms with Crippen LogP contribution in [0.15, 0.2) is 24.3 Å². The topological polar surface area (TPSA) is 82.0 Å². The highest BCUT2D eigenvalue weighted by Gasteiger charge is 2.19. The molecule has 0 unspecified atom stereocenters. The van der Waals surface area contributed by atoms with Crippen molar-refractivity contribution in [1.29, 1.82) is 5.26 Å². The number of nitrogens with one attached hydrogen (secondary N) is 2. The van der Waals surface area contributed by atoms with Crippen molar-refractivity contribution in [3.63, 3.8) is 0 Å². The fourth-order valence-electron chi connectivity index (χ4n) is 1.52. The van der Waals surface area contributed by atoms with Gasteiger partial charge in [0.15, 0.2) is 0 Å². The highest BCUT2D eigenvalue weighted by atomic mass is 32.2. The standard InChI is InChI=1S/C14H19N3O2S/c1-14(2,10-15)11-4-6-12(7-5-11)17-13(18)16-8-9-20(3)19/h4-7H,8-9H2,1-3H3,(H2,16,17,18)/t20-/m0/s1. The molecule has 1 aromatic rings. The van der Waals surface area contributed by atoms with Crippen LogP contribution in [0.4, 0.5) is 10.5 Å². The fraction of sp³-hybridized carbons (Fsp3) is 0.429. The molecule has 0 aromatic heterocycles.